The summed E-state index contributed by atoms with van der Waals surface area (Å²) in [5.41, 5.74) is 3.99. The monoisotopic (exact) mass is 636 g/mol. The van der Waals surface area contributed by atoms with E-state index in [4.69, 9.17) is 14.7 Å². The van der Waals surface area contributed by atoms with Gasteiger partial charge in [-0.25, -0.2) is 18.7 Å². The Balaban J connectivity index is 0.000000835. The van der Waals surface area contributed by atoms with Gasteiger partial charge in [-0.1, -0.05) is 24.3 Å². The normalized spacial score (nSPS) is 21.3. The maximum Gasteiger partial charge on any atom is 0.225 e. The number of carbonyl (C=O) groups excluding carboxylic acids is 1. The van der Waals surface area contributed by atoms with Crippen LogP contribution in [0.2, 0.25) is 0 Å². The number of aliphatic hydroxyl groups excluding tert-OH is 1. The van der Waals surface area contributed by atoms with Crippen LogP contribution in [0.25, 0.3) is 0 Å². The van der Waals surface area contributed by atoms with Gasteiger partial charge in [-0.15, -0.1) is 0 Å². The lowest BCUT2D eigenvalue weighted by Gasteiger charge is -2.29. The first-order valence-electron chi connectivity index (χ1n) is 15.1. The summed E-state index contributed by atoms with van der Waals surface area (Å²) in [5.74, 6) is -2.18. The summed E-state index contributed by atoms with van der Waals surface area (Å²) >= 11 is 0. The molecule has 3 heterocycles. The number of nitrogens with zero attached hydrogens (tertiary/aromatic N) is 1. The van der Waals surface area contributed by atoms with Crippen LogP contribution in [0.1, 0.15) is 59.5 Å². The largest absolute Gasteiger partial charge is 0.395 e. The molecule has 0 bridgehead atoms. The van der Waals surface area contributed by atoms with Crippen LogP contribution < -0.4 is 16.1 Å². The first-order chi connectivity index (χ1) is 21.7. The second kappa shape index (κ2) is 16.8. The smallest absolute Gasteiger partial charge is 0.225 e. The average molecular weight is 637 g/mol. The summed E-state index contributed by atoms with van der Waals surface area (Å²) in [5, 5.41) is 23.5. The van der Waals surface area contributed by atoms with Crippen LogP contribution in [0.4, 0.5) is 18.9 Å². The van der Waals surface area contributed by atoms with E-state index in [1.54, 1.807) is 24.3 Å². The number of hydroxylamine groups is 1. The second-order valence-electron chi connectivity index (χ2n) is 11.6. The lowest BCUT2D eigenvalue weighted by molar-refractivity contribution is -0.116. The lowest BCUT2D eigenvalue weighted by Crippen LogP contribution is -2.48. The van der Waals surface area contributed by atoms with E-state index in [1.165, 1.54) is 30.5 Å². The molecule has 0 spiro atoms. The number of ether oxygens (including phenoxy) is 2. The number of pyridine rings is 1. The highest BCUT2D eigenvalue weighted by Crippen LogP contribution is 2.30. The zero-order chi connectivity index (χ0) is 32.2. The number of morpholine rings is 1. The molecule has 2 aliphatic rings. The Hall–Kier alpha value is -3.39. The summed E-state index contributed by atoms with van der Waals surface area (Å²) in [6.45, 7) is 4.27. The molecule has 2 saturated heterocycles. The van der Waals surface area contributed by atoms with Crippen molar-refractivity contribution in [3.05, 3.63) is 95.1 Å². The third-order valence-electron chi connectivity index (χ3n) is 8.07. The van der Waals surface area contributed by atoms with Gasteiger partial charge in [-0.05, 0) is 68.0 Å². The van der Waals surface area contributed by atoms with Crippen molar-refractivity contribution in [1.29, 1.82) is 0 Å². The molecule has 0 saturated carbocycles. The summed E-state index contributed by atoms with van der Waals surface area (Å²) in [6.07, 6.45) is 5.33. The molecule has 250 valence electrons. The number of halogens is 3. The molecule has 5 rings (SSSR count). The SMILES string of the molecule is CC1(CNO)CCCO1.O=C(CC(c1ccc(F)cc1)c1ccc(F)cc1)Nc1cncc(F)c1CC[C@@H]1CN[C@H](CO)CO1.[HH].[HH].[HH]. The van der Waals surface area contributed by atoms with Crippen molar-refractivity contribution < 1.29 is 42.0 Å². The first kappa shape index (κ1) is 34.5. The number of anilines is 1. The van der Waals surface area contributed by atoms with Gasteiger partial charge in [0, 0.05) is 41.9 Å². The minimum absolute atomic E-state index is 0. The molecule has 2 aliphatic heterocycles. The standard InChI is InChI=1S/C27H28F3N3O3.C6H13NO2.3H2/c28-19-5-1-17(2-6-19)24(18-3-7-20(29)8-4-18)11-27(35)33-26-14-31-13-25(30)23(26)10-9-22-12-32-21(15-34)16-36-22;1-6(5-7-8)3-2-4-9-6;;;/h1-8,13-14,21-22,24,32,34H,9-12,15-16H2,(H,33,35);7-8H,2-5H2,1H3;3*1H/t21-,22-;;;;/m1..../s1. The summed E-state index contributed by atoms with van der Waals surface area (Å²) < 4.78 is 52.7. The highest BCUT2D eigenvalue weighted by atomic mass is 19.1. The van der Waals surface area contributed by atoms with E-state index in [0.717, 1.165) is 25.6 Å². The van der Waals surface area contributed by atoms with Gasteiger partial charge in [0.1, 0.15) is 17.5 Å². The van der Waals surface area contributed by atoms with E-state index in [1.807, 2.05) is 6.92 Å². The molecular weight excluding hydrogens is 589 g/mol. The van der Waals surface area contributed by atoms with Crippen molar-refractivity contribution in [2.24, 2.45) is 0 Å². The van der Waals surface area contributed by atoms with Crippen LogP contribution >= 0.6 is 0 Å². The van der Waals surface area contributed by atoms with Crippen molar-refractivity contribution in [3.63, 3.8) is 0 Å². The Morgan fingerprint density at radius 2 is 1.78 bits per heavy atom. The number of hydrogen-bond acceptors (Lipinski definition) is 8. The zero-order valence-electron chi connectivity index (χ0n) is 25.3. The van der Waals surface area contributed by atoms with E-state index in [0.29, 0.717) is 49.2 Å². The lowest BCUT2D eigenvalue weighted by atomic mass is 9.88. The number of nitrogens with one attached hydrogen (secondary N) is 3. The van der Waals surface area contributed by atoms with Gasteiger partial charge in [0.05, 0.1) is 49.0 Å². The van der Waals surface area contributed by atoms with E-state index >= 15 is 0 Å². The van der Waals surface area contributed by atoms with Crippen LogP contribution in [0, 0.1) is 17.5 Å². The van der Waals surface area contributed by atoms with Gasteiger partial charge in [-0.3, -0.25) is 9.78 Å². The molecule has 2 aromatic carbocycles. The number of rotatable bonds is 11. The van der Waals surface area contributed by atoms with Crippen molar-refractivity contribution >= 4 is 11.6 Å². The zero-order valence-corrected chi connectivity index (χ0v) is 25.3. The van der Waals surface area contributed by atoms with Gasteiger partial charge < -0.3 is 30.4 Å². The van der Waals surface area contributed by atoms with Crippen LogP contribution in [-0.4, -0.2) is 71.9 Å². The average Bonchev–Trinajstić information content (AvgIpc) is 3.47. The molecule has 1 aromatic heterocycles. The predicted octanol–water partition coefficient (Wildman–Crippen LogP) is 5.21. The quantitative estimate of drug-likeness (QED) is 0.182. The van der Waals surface area contributed by atoms with Crippen molar-refractivity contribution in [1.82, 2.24) is 15.8 Å². The van der Waals surface area contributed by atoms with E-state index in [9.17, 15) is 23.1 Å². The molecule has 2 fully saturated rings. The molecule has 3 atom stereocenters. The second-order valence-corrected chi connectivity index (χ2v) is 11.6. The van der Waals surface area contributed by atoms with Gasteiger partial charge in [0.25, 0.3) is 0 Å². The molecule has 12 heteroatoms. The Morgan fingerprint density at radius 1 is 1.11 bits per heavy atom. The van der Waals surface area contributed by atoms with Crippen LogP contribution in [-0.2, 0) is 20.7 Å². The fourth-order valence-electron chi connectivity index (χ4n) is 5.45. The first-order valence-corrected chi connectivity index (χ1v) is 15.1. The van der Waals surface area contributed by atoms with Crippen molar-refractivity contribution in [2.45, 2.75) is 62.7 Å². The Bertz CT molecular complexity index is 1320. The number of benzene rings is 2. The third kappa shape index (κ3) is 10.3. The fraction of sp³-hybridized carbons (Fsp3) is 0.455. The summed E-state index contributed by atoms with van der Waals surface area (Å²) in [7, 11) is 0. The Kier molecular flexibility index (Phi) is 12.9. The van der Waals surface area contributed by atoms with Crippen LogP contribution in [0.5, 0.6) is 0 Å². The van der Waals surface area contributed by atoms with Gasteiger partial charge in [-0.2, -0.15) is 0 Å². The molecule has 1 unspecified atom stereocenters. The minimum atomic E-state index is -0.529. The number of aromatic nitrogens is 1. The molecule has 0 radical (unpaired) electrons. The van der Waals surface area contributed by atoms with E-state index < -0.39 is 23.4 Å². The number of carbonyl (C=O) groups is 1. The molecule has 5 N–H and O–H groups in total. The maximum absolute atomic E-state index is 14.7. The number of hydrogen-bond donors (Lipinski definition) is 5. The predicted molar refractivity (Wildman–Crippen MR) is 169 cm³/mol. The Labute approximate surface area is 265 Å². The third-order valence-corrected chi connectivity index (χ3v) is 8.07. The van der Waals surface area contributed by atoms with E-state index in [-0.39, 0.29) is 46.6 Å². The summed E-state index contributed by atoms with van der Waals surface area (Å²) in [6, 6.07) is 11.5. The topological polar surface area (TPSA) is 125 Å². The Morgan fingerprint density at radius 3 is 2.31 bits per heavy atom. The number of aliphatic hydroxyl groups is 1. The molecule has 0 aliphatic carbocycles. The van der Waals surface area contributed by atoms with Gasteiger partial charge in [0.2, 0.25) is 5.91 Å². The molecule has 3 aromatic rings. The minimum Gasteiger partial charge on any atom is -0.395 e. The number of amides is 1. The fourth-order valence-corrected chi connectivity index (χ4v) is 5.45. The van der Waals surface area contributed by atoms with Crippen molar-refractivity contribution in [2.75, 3.05) is 38.2 Å². The van der Waals surface area contributed by atoms with Gasteiger partial charge >= 0.3 is 0 Å². The van der Waals surface area contributed by atoms with E-state index in [2.05, 4.69) is 21.1 Å². The van der Waals surface area contributed by atoms with Gasteiger partial charge in [0.15, 0.2) is 0 Å². The highest BCUT2D eigenvalue weighted by Gasteiger charge is 2.29. The van der Waals surface area contributed by atoms with Crippen LogP contribution in [0.3, 0.4) is 0 Å². The summed E-state index contributed by atoms with van der Waals surface area (Å²) in [4.78, 5) is 17.0. The molecule has 1 amide bonds. The highest BCUT2D eigenvalue weighted by molar-refractivity contribution is 5.92. The maximum atomic E-state index is 14.7. The molecule has 9 nitrogen and oxygen atoms in total. The van der Waals surface area contributed by atoms with Crippen LogP contribution in [0.15, 0.2) is 60.9 Å². The molecular formula is C33H47F3N4O5. The molecule has 45 heavy (non-hydrogen) atoms. The van der Waals surface area contributed by atoms with Crippen molar-refractivity contribution in [3.8, 4) is 0 Å².